The Kier molecular flexibility index (Phi) is 10.5. The van der Waals surface area contributed by atoms with Crippen molar-refractivity contribution in [2.75, 3.05) is 26.2 Å². The van der Waals surface area contributed by atoms with Crippen molar-refractivity contribution in [2.24, 2.45) is 23.2 Å². The number of unbranched alkanes of at least 4 members (excludes halogenated alkanes) is 2. The summed E-state index contributed by atoms with van der Waals surface area (Å²) >= 11 is 0. The Labute approximate surface area is 316 Å². The van der Waals surface area contributed by atoms with Gasteiger partial charge in [-0.3, -0.25) is 19.3 Å². The number of aliphatic hydroxyl groups is 2. The number of aromatic amines is 1. The maximum Gasteiger partial charge on any atom is 0.272 e. The molecule has 1 unspecified atom stereocenters. The van der Waals surface area contributed by atoms with Crippen molar-refractivity contribution in [1.29, 1.82) is 0 Å². The number of carbonyl (C=O) groups is 2. The predicted molar refractivity (Wildman–Crippen MR) is 205 cm³/mol. The zero-order chi connectivity index (χ0) is 37.6. The molecule has 9 nitrogen and oxygen atoms in total. The zero-order valence-electron chi connectivity index (χ0n) is 31.4. The van der Waals surface area contributed by atoms with Gasteiger partial charge in [0.1, 0.15) is 12.0 Å². The van der Waals surface area contributed by atoms with Crippen LogP contribution in [0.15, 0.2) is 70.1 Å². The van der Waals surface area contributed by atoms with Crippen molar-refractivity contribution >= 4 is 22.5 Å². The first-order valence-electron chi connectivity index (χ1n) is 20.2. The highest BCUT2D eigenvalue weighted by Crippen LogP contribution is 2.62. The van der Waals surface area contributed by atoms with Gasteiger partial charge >= 0.3 is 0 Å². The Morgan fingerprint density at radius 1 is 1.00 bits per heavy atom. The number of hydrogen-bond acceptors (Lipinski definition) is 7. The zero-order valence-corrected chi connectivity index (χ0v) is 31.4. The van der Waals surface area contributed by atoms with Crippen molar-refractivity contribution in [3.8, 4) is 0 Å². The Morgan fingerprint density at radius 2 is 1.80 bits per heavy atom. The lowest BCUT2D eigenvalue weighted by Gasteiger charge is -2.52. The molecule has 2 aromatic carbocycles. The summed E-state index contributed by atoms with van der Waals surface area (Å²) in [6, 6.07) is 11.8. The lowest BCUT2D eigenvalue weighted by atomic mass is 9.53. The third-order valence-corrected chi connectivity index (χ3v) is 13.7. The summed E-state index contributed by atoms with van der Waals surface area (Å²) < 4.78 is 15.0. The highest BCUT2D eigenvalue weighted by atomic mass is 19.1. The molecule has 3 aromatic rings. The molecule has 1 aromatic heterocycles. The highest BCUT2D eigenvalue weighted by Gasteiger charge is 2.55. The van der Waals surface area contributed by atoms with Gasteiger partial charge in [0.2, 0.25) is 0 Å². The van der Waals surface area contributed by atoms with E-state index >= 15 is 4.39 Å². The lowest BCUT2D eigenvalue weighted by molar-refractivity contribution is -0.114. The second-order valence-electron chi connectivity index (χ2n) is 16.8. The van der Waals surface area contributed by atoms with Gasteiger partial charge in [-0.1, -0.05) is 49.6 Å². The minimum atomic E-state index is -0.593. The van der Waals surface area contributed by atoms with Crippen LogP contribution in [-0.2, 0) is 11.2 Å². The molecular weight excluding hydrogens is 684 g/mol. The standard InChI is InChI=1S/C44H53FN4O5/c1-44-26-29(41-31-15-13-30(50)25-28(31)12-14-34(41)36(44)16-18-39(44)51)7-3-2-4-10-40(52)48-19-21-49(22-20-48)43(54)35-23-27(11-17-37(35)45)24-38-32-8-5-6-9-33(32)42(53)47-46-38/h5-6,8-9,11,17,23,25,29,34,36,39-40,51-52H,2-4,7,10,12-16,18-22,24,26H2,1H3,(H,47,53)/t29-,34-,36-,39-,40?,44-/m0/s1. The lowest BCUT2D eigenvalue weighted by Crippen LogP contribution is -2.52. The summed E-state index contributed by atoms with van der Waals surface area (Å²) in [4.78, 5) is 41.7. The van der Waals surface area contributed by atoms with Gasteiger partial charge in [0, 0.05) is 44.4 Å². The van der Waals surface area contributed by atoms with Gasteiger partial charge < -0.3 is 15.1 Å². The number of piperazine rings is 1. The summed E-state index contributed by atoms with van der Waals surface area (Å²) in [7, 11) is 0. The highest BCUT2D eigenvalue weighted by molar-refractivity contribution is 5.95. The van der Waals surface area contributed by atoms with Gasteiger partial charge in [-0.05, 0) is 122 Å². The number of fused-ring (bicyclic) bond motifs is 5. The molecule has 5 aliphatic rings. The molecule has 6 atom stereocenters. The Hall–Kier alpha value is -3.99. The number of nitrogens with zero attached hydrogens (tertiary/aromatic N) is 3. The number of amides is 1. The van der Waals surface area contributed by atoms with Crippen LogP contribution < -0.4 is 5.56 Å². The Balaban J connectivity index is 0.833. The van der Waals surface area contributed by atoms with E-state index in [0.717, 1.165) is 75.2 Å². The van der Waals surface area contributed by atoms with Gasteiger partial charge in [-0.15, -0.1) is 0 Å². The van der Waals surface area contributed by atoms with E-state index in [0.29, 0.717) is 74.3 Å². The molecule has 0 spiro atoms. The number of H-pyrrole nitrogens is 1. The van der Waals surface area contributed by atoms with E-state index < -0.39 is 12.0 Å². The van der Waals surface area contributed by atoms with E-state index in [1.165, 1.54) is 17.2 Å². The average molecular weight is 737 g/mol. The molecule has 1 amide bonds. The van der Waals surface area contributed by atoms with Crippen LogP contribution in [-0.4, -0.2) is 80.4 Å². The predicted octanol–water partition coefficient (Wildman–Crippen LogP) is 6.47. The maximum atomic E-state index is 15.0. The quantitative estimate of drug-likeness (QED) is 0.204. The largest absolute Gasteiger partial charge is 0.393 e. The summed E-state index contributed by atoms with van der Waals surface area (Å²) in [6.45, 7) is 4.16. The van der Waals surface area contributed by atoms with Crippen LogP contribution in [0.25, 0.3) is 10.8 Å². The number of nitrogens with one attached hydrogen (secondary N) is 1. The van der Waals surface area contributed by atoms with E-state index in [4.69, 9.17) is 0 Å². The molecule has 0 radical (unpaired) electrons. The van der Waals surface area contributed by atoms with Gasteiger partial charge in [-0.2, -0.15) is 5.10 Å². The van der Waals surface area contributed by atoms with Crippen LogP contribution in [0.1, 0.15) is 106 Å². The van der Waals surface area contributed by atoms with E-state index in [1.54, 1.807) is 34.7 Å². The molecule has 54 heavy (non-hydrogen) atoms. The fourth-order valence-electron chi connectivity index (χ4n) is 10.9. The third-order valence-electron chi connectivity index (χ3n) is 13.7. The molecule has 0 bridgehead atoms. The van der Waals surface area contributed by atoms with Crippen LogP contribution in [0, 0.1) is 29.0 Å². The summed E-state index contributed by atoms with van der Waals surface area (Å²) in [6.07, 6.45) is 12.8. The number of aromatic nitrogens is 2. The Bertz CT molecular complexity index is 2050. The third kappa shape index (κ3) is 7.01. The van der Waals surface area contributed by atoms with Crippen LogP contribution >= 0.6 is 0 Å². The maximum absolute atomic E-state index is 15.0. The van der Waals surface area contributed by atoms with Crippen molar-refractivity contribution in [2.45, 2.75) is 103 Å². The molecule has 1 saturated heterocycles. The van der Waals surface area contributed by atoms with Crippen molar-refractivity contribution < 1.29 is 24.2 Å². The molecular formula is C44H53FN4O5. The van der Waals surface area contributed by atoms with Crippen molar-refractivity contribution in [1.82, 2.24) is 20.0 Å². The summed E-state index contributed by atoms with van der Waals surface area (Å²) in [5.41, 5.74) is 5.45. The monoisotopic (exact) mass is 736 g/mol. The van der Waals surface area contributed by atoms with Crippen LogP contribution in [0.5, 0.6) is 0 Å². The summed E-state index contributed by atoms with van der Waals surface area (Å²) in [5, 5.41) is 30.3. The first-order chi connectivity index (χ1) is 26.1. The number of ketones is 1. The molecule has 2 saturated carbocycles. The van der Waals surface area contributed by atoms with Crippen molar-refractivity contribution in [3.05, 3.63) is 98.3 Å². The molecule has 286 valence electrons. The van der Waals surface area contributed by atoms with Gasteiger partial charge in [0.05, 0.1) is 22.7 Å². The van der Waals surface area contributed by atoms with Crippen LogP contribution in [0.4, 0.5) is 4.39 Å². The molecule has 10 heteroatoms. The fourth-order valence-corrected chi connectivity index (χ4v) is 10.9. The van der Waals surface area contributed by atoms with E-state index in [1.807, 2.05) is 23.1 Å². The second-order valence-corrected chi connectivity index (χ2v) is 16.8. The SMILES string of the molecule is C[C@]12C[C@H](CCCCCC(O)N3CCN(C(=O)c4cc(Cc5n[nH]c(=O)c6ccccc56)ccc4F)CC3)C3=C4CCC(=O)C=C4CC[C@H]3[C@@H]1CC[C@@H]2O. The molecule has 1 aliphatic heterocycles. The number of benzene rings is 2. The minimum absolute atomic E-state index is 0.0143. The second kappa shape index (κ2) is 15.3. The van der Waals surface area contributed by atoms with Gasteiger partial charge in [0.15, 0.2) is 5.78 Å². The minimum Gasteiger partial charge on any atom is -0.393 e. The van der Waals surface area contributed by atoms with E-state index in [-0.39, 0.29) is 34.3 Å². The van der Waals surface area contributed by atoms with E-state index in [9.17, 15) is 24.6 Å². The average Bonchev–Trinajstić information content (AvgIpc) is 3.48. The number of halogens is 1. The van der Waals surface area contributed by atoms with Crippen molar-refractivity contribution in [3.63, 3.8) is 0 Å². The van der Waals surface area contributed by atoms with Crippen LogP contribution in [0.2, 0.25) is 0 Å². The molecule has 4 aliphatic carbocycles. The molecule has 3 N–H and O–H groups in total. The first-order valence-corrected chi connectivity index (χ1v) is 20.2. The summed E-state index contributed by atoms with van der Waals surface area (Å²) in [5.74, 6) is 0.826. The molecule has 8 rings (SSSR count). The first kappa shape index (κ1) is 37.0. The number of carbonyl (C=O) groups excluding carboxylic acids is 2. The van der Waals surface area contributed by atoms with Crippen LogP contribution in [0.3, 0.4) is 0 Å². The number of aliphatic hydroxyl groups excluding tert-OH is 2. The Morgan fingerprint density at radius 3 is 2.61 bits per heavy atom. The molecule has 2 heterocycles. The number of allylic oxidation sites excluding steroid dienone is 4. The normalized spacial score (nSPS) is 27.7. The fraction of sp³-hybridized carbons (Fsp3) is 0.545. The molecule has 3 fully saturated rings. The van der Waals surface area contributed by atoms with E-state index in [2.05, 4.69) is 17.1 Å². The smallest absolute Gasteiger partial charge is 0.272 e. The van der Waals surface area contributed by atoms with Gasteiger partial charge in [-0.25, -0.2) is 9.49 Å². The number of hydrogen-bond donors (Lipinski definition) is 3. The number of rotatable bonds is 10. The van der Waals surface area contributed by atoms with Gasteiger partial charge in [0.25, 0.3) is 11.5 Å². The topological polar surface area (TPSA) is 127 Å².